The highest BCUT2D eigenvalue weighted by Gasteiger charge is 2.38. The highest BCUT2D eigenvalue weighted by Crippen LogP contribution is 2.22. The lowest BCUT2D eigenvalue weighted by Crippen LogP contribution is -2.50. The van der Waals surface area contributed by atoms with Crippen LogP contribution < -0.4 is 5.73 Å². The van der Waals surface area contributed by atoms with Crippen LogP contribution in [0.25, 0.3) is 0 Å². The molecule has 7 nitrogen and oxygen atoms in total. The Labute approximate surface area is 113 Å². The number of amides is 1. The number of hydrogen-bond donors (Lipinski definition) is 2. The van der Waals surface area contributed by atoms with Gasteiger partial charge in [-0.1, -0.05) is 11.6 Å². The summed E-state index contributed by atoms with van der Waals surface area (Å²) in [5.74, 6) is -0.518. The molecular formula is C11H21N3O4S. The van der Waals surface area contributed by atoms with Gasteiger partial charge in [0.15, 0.2) is 15.7 Å². The Morgan fingerprint density at radius 1 is 1.47 bits per heavy atom. The molecule has 1 atom stereocenters. The SMILES string of the molecule is CC(C)N(CC(N)=NO)C(=O)C1CCCCS1(=O)=O. The van der Waals surface area contributed by atoms with Gasteiger partial charge >= 0.3 is 0 Å². The predicted octanol–water partition coefficient (Wildman–Crippen LogP) is -0.0629. The minimum absolute atomic E-state index is 0.0545. The maximum absolute atomic E-state index is 12.4. The fourth-order valence-electron chi connectivity index (χ4n) is 2.14. The summed E-state index contributed by atoms with van der Waals surface area (Å²) in [5.41, 5.74) is 5.40. The van der Waals surface area contributed by atoms with Crippen molar-refractivity contribution in [3.05, 3.63) is 0 Å². The summed E-state index contributed by atoms with van der Waals surface area (Å²) >= 11 is 0. The molecule has 1 aliphatic heterocycles. The van der Waals surface area contributed by atoms with E-state index < -0.39 is 21.0 Å². The van der Waals surface area contributed by atoms with Gasteiger partial charge < -0.3 is 15.8 Å². The third-order valence-corrected chi connectivity index (χ3v) is 5.38. The van der Waals surface area contributed by atoms with Crippen molar-refractivity contribution in [2.24, 2.45) is 10.9 Å². The minimum atomic E-state index is -3.38. The van der Waals surface area contributed by atoms with E-state index in [-0.39, 0.29) is 24.2 Å². The predicted molar refractivity (Wildman–Crippen MR) is 71.7 cm³/mol. The van der Waals surface area contributed by atoms with Gasteiger partial charge in [0.1, 0.15) is 5.25 Å². The van der Waals surface area contributed by atoms with Crippen LogP contribution in [0.4, 0.5) is 0 Å². The topological polar surface area (TPSA) is 113 Å². The zero-order valence-electron chi connectivity index (χ0n) is 11.2. The highest BCUT2D eigenvalue weighted by molar-refractivity contribution is 7.92. The lowest BCUT2D eigenvalue weighted by atomic mass is 10.1. The Morgan fingerprint density at radius 3 is 2.58 bits per heavy atom. The number of sulfone groups is 1. The van der Waals surface area contributed by atoms with Gasteiger partial charge in [0.05, 0.1) is 12.3 Å². The van der Waals surface area contributed by atoms with Gasteiger partial charge in [0, 0.05) is 6.04 Å². The first-order chi connectivity index (χ1) is 8.79. The lowest BCUT2D eigenvalue weighted by molar-refractivity contribution is -0.131. The smallest absolute Gasteiger partial charge is 0.241 e. The van der Waals surface area contributed by atoms with Crippen LogP contribution >= 0.6 is 0 Å². The Morgan fingerprint density at radius 2 is 2.11 bits per heavy atom. The van der Waals surface area contributed by atoms with Gasteiger partial charge in [-0.2, -0.15) is 0 Å². The normalized spacial score (nSPS) is 23.3. The average molecular weight is 291 g/mol. The second kappa shape index (κ2) is 6.23. The third kappa shape index (κ3) is 3.82. The van der Waals surface area contributed by atoms with Gasteiger partial charge in [-0.15, -0.1) is 0 Å². The molecule has 0 aromatic heterocycles. The molecule has 1 fully saturated rings. The standard InChI is InChI=1S/C11H21N3O4S/c1-8(2)14(7-10(12)13-16)11(15)9-5-3-4-6-19(9,17)18/h8-9,16H,3-7H2,1-2H3,(H2,12,13). The van der Waals surface area contributed by atoms with Crippen molar-refractivity contribution < 1.29 is 18.4 Å². The van der Waals surface area contributed by atoms with E-state index in [2.05, 4.69) is 5.16 Å². The average Bonchev–Trinajstić information content (AvgIpc) is 2.33. The van der Waals surface area contributed by atoms with Crippen LogP contribution in [-0.4, -0.2) is 53.9 Å². The zero-order valence-corrected chi connectivity index (χ0v) is 12.1. The van der Waals surface area contributed by atoms with E-state index in [0.717, 1.165) is 6.42 Å². The fraction of sp³-hybridized carbons (Fsp3) is 0.818. The number of oxime groups is 1. The Bertz CT molecular complexity index is 459. The molecule has 0 saturated carbocycles. The van der Waals surface area contributed by atoms with Crippen LogP contribution in [0.1, 0.15) is 33.1 Å². The molecule has 0 bridgehead atoms. The molecular weight excluding hydrogens is 270 g/mol. The molecule has 1 rings (SSSR count). The van der Waals surface area contributed by atoms with Crippen LogP contribution in [0.2, 0.25) is 0 Å². The molecule has 1 amide bonds. The van der Waals surface area contributed by atoms with E-state index in [0.29, 0.717) is 12.8 Å². The maximum Gasteiger partial charge on any atom is 0.241 e. The molecule has 1 unspecified atom stereocenters. The van der Waals surface area contributed by atoms with Crippen molar-refractivity contribution >= 4 is 21.6 Å². The summed E-state index contributed by atoms with van der Waals surface area (Å²) in [6, 6.07) is -0.218. The van der Waals surface area contributed by atoms with E-state index in [1.54, 1.807) is 13.8 Å². The first kappa shape index (κ1) is 15.7. The van der Waals surface area contributed by atoms with E-state index >= 15 is 0 Å². The van der Waals surface area contributed by atoms with E-state index in [1.165, 1.54) is 4.90 Å². The van der Waals surface area contributed by atoms with Gasteiger partial charge in [-0.3, -0.25) is 4.79 Å². The number of nitrogens with zero attached hydrogens (tertiary/aromatic N) is 2. The summed E-state index contributed by atoms with van der Waals surface area (Å²) in [6.07, 6.45) is 1.68. The first-order valence-electron chi connectivity index (χ1n) is 6.28. The Hall–Kier alpha value is -1.31. The molecule has 8 heteroatoms. The lowest BCUT2D eigenvalue weighted by Gasteiger charge is -2.31. The zero-order chi connectivity index (χ0) is 14.6. The summed E-state index contributed by atoms with van der Waals surface area (Å²) in [5, 5.41) is 10.4. The first-order valence-corrected chi connectivity index (χ1v) is 7.99. The molecule has 3 N–H and O–H groups in total. The summed E-state index contributed by atoms with van der Waals surface area (Å²) < 4.78 is 23.9. The summed E-state index contributed by atoms with van der Waals surface area (Å²) in [4.78, 5) is 13.7. The molecule has 0 aromatic carbocycles. The van der Waals surface area contributed by atoms with E-state index in [4.69, 9.17) is 10.9 Å². The molecule has 19 heavy (non-hydrogen) atoms. The third-order valence-electron chi connectivity index (χ3n) is 3.22. The molecule has 0 radical (unpaired) electrons. The van der Waals surface area contributed by atoms with Crippen LogP contribution in [0.5, 0.6) is 0 Å². The van der Waals surface area contributed by atoms with E-state index in [1.807, 2.05) is 0 Å². The second-order valence-electron chi connectivity index (χ2n) is 5.00. The summed E-state index contributed by atoms with van der Waals surface area (Å²) in [6.45, 7) is 3.45. The molecule has 0 aromatic rings. The molecule has 0 aliphatic carbocycles. The van der Waals surface area contributed by atoms with Crippen LogP contribution in [0.15, 0.2) is 5.16 Å². The minimum Gasteiger partial charge on any atom is -0.409 e. The molecule has 0 spiro atoms. The number of carbonyl (C=O) groups is 1. The van der Waals surface area contributed by atoms with Gasteiger partial charge in [-0.05, 0) is 26.7 Å². The van der Waals surface area contributed by atoms with Gasteiger partial charge in [0.25, 0.3) is 0 Å². The number of nitrogens with two attached hydrogens (primary N) is 1. The molecule has 1 saturated heterocycles. The largest absolute Gasteiger partial charge is 0.409 e. The molecule has 1 heterocycles. The fourth-order valence-corrected chi connectivity index (χ4v) is 4.00. The van der Waals surface area contributed by atoms with Crippen LogP contribution in [0.3, 0.4) is 0 Å². The van der Waals surface area contributed by atoms with Gasteiger partial charge in [0.2, 0.25) is 5.91 Å². The monoisotopic (exact) mass is 291 g/mol. The quantitative estimate of drug-likeness (QED) is 0.326. The van der Waals surface area contributed by atoms with Gasteiger partial charge in [-0.25, -0.2) is 8.42 Å². The van der Waals surface area contributed by atoms with Crippen molar-refractivity contribution in [2.75, 3.05) is 12.3 Å². The number of carbonyl (C=O) groups excluding carboxylic acids is 1. The Balaban J connectivity index is 2.93. The second-order valence-corrected chi connectivity index (χ2v) is 7.31. The van der Waals surface area contributed by atoms with Crippen molar-refractivity contribution in [1.29, 1.82) is 0 Å². The number of amidine groups is 1. The number of rotatable bonds is 4. The highest BCUT2D eigenvalue weighted by atomic mass is 32.2. The Kier molecular flexibility index (Phi) is 5.16. The van der Waals surface area contributed by atoms with Crippen molar-refractivity contribution in [3.63, 3.8) is 0 Å². The van der Waals surface area contributed by atoms with Crippen LogP contribution in [0, 0.1) is 0 Å². The van der Waals surface area contributed by atoms with Crippen molar-refractivity contribution in [3.8, 4) is 0 Å². The van der Waals surface area contributed by atoms with Crippen molar-refractivity contribution in [2.45, 2.75) is 44.4 Å². The molecule has 1 aliphatic rings. The maximum atomic E-state index is 12.4. The van der Waals surface area contributed by atoms with Crippen molar-refractivity contribution in [1.82, 2.24) is 4.90 Å². The molecule has 110 valence electrons. The summed E-state index contributed by atoms with van der Waals surface area (Å²) in [7, 11) is -3.38. The van der Waals surface area contributed by atoms with Crippen LogP contribution in [-0.2, 0) is 14.6 Å². The number of hydrogen-bond acceptors (Lipinski definition) is 5. The van der Waals surface area contributed by atoms with E-state index in [9.17, 15) is 13.2 Å².